The lowest BCUT2D eigenvalue weighted by molar-refractivity contribution is -0.137. The Kier molecular flexibility index (Phi) is 4.78. The Morgan fingerprint density at radius 3 is 2.50 bits per heavy atom. The largest absolute Gasteiger partial charge is 0.417 e. The molecule has 0 radical (unpaired) electrons. The fourth-order valence-corrected chi connectivity index (χ4v) is 1.70. The van der Waals surface area contributed by atoms with E-state index in [0.29, 0.717) is 0 Å². The van der Waals surface area contributed by atoms with E-state index in [1.54, 1.807) is 0 Å². The number of nitrogens with two attached hydrogens (primary N) is 1. The van der Waals surface area contributed by atoms with Crippen LogP contribution in [0.4, 0.5) is 13.2 Å². The molecule has 0 unspecified atom stereocenters. The number of hydrazone groups is 1. The second-order valence-corrected chi connectivity index (χ2v) is 4.28. The van der Waals surface area contributed by atoms with E-state index < -0.39 is 16.8 Å². The Bertz CT molecular complexity index is 503. The summed E-state index contributed by atoms with van der Waals surface area (Å²) in [5, 5.41) is 2.87. The number of nitrogens with one attached hydrogen (secondary N) is 1. The summed E-state index contributed by atoms with van der Waals surface area (Å²) in [5.74, 6) is 0. The lowest BCUT2D eigenvalue weighted by Crippen LogP contribution is -2.24. The van der Waals surface area contributed by atoms with Crippen LogP contribution in [0.15, 0.2) is 17.2 Å². The monoisotopic (exact) mass is 315 g/mol. The summed E-state index contributed by atoms with van der Waals surface area (Å²) in [4.78, 5) is 0. The van der Waals surface area contributed by atoms with Crippen LogP contribution in [0.25, 0.3) is 0 Å². The first-order valence-electron chi connectivity index (χ1n) is 4.37. The highest BCUT2D eigenvalue weighted by Gasteiger charge is 2.34. The molecular weight excluding hydrogens is 310 g/mol. The molecule has 98 valence electrons. The van der Waals surface area contributed by atoms with Crippen molar-refractivity contribution in [3.63, 3.8) is 0 Å². The average Bonchev–Trinajstić information content (AvgIpc) is 2.20. The summed E-state index contributed by atoms with van der Waals surface area (Å²) in [5.41, 5.74) is 6.21. The maximum absolute atomic E-state index is 12.6. The minimum atomic E-state index is -4.57. The van der Waals surface area contributed by atoms with E-state index in [0.717, 1.165) is 18.3 Å². The normalized spacial score (nSPS) is 11.8. The van der Waals surface area contributed by atoms with Crippen molar-refractivity contribution < 1.29 is 13.2 Å². The second kappa shape index (κ2) is 5.73. The van der Waals surface area contributed by atoms with Crippen LogP contribution in [-0.4, -0.2) is 11.3 Å². The van der Waals surface area contributed by atoms with Gasteiger partial charge in [-0.15, -0.1) is 0 Å². The highest BCUT2D eigenvalue weighted by molar-refractivity contribution is 7.80. The minimum absolute atomic E-state index is 0.0292. The molecule has 0 saturated carbocycles. The number of halogens is 5. The van der Waals surface area contributed by atoms with Gasteiger partial charge in [0.15, 0.2) is 5.11 Å². The van der Waals surface area contributed by atoms with E-state index >= 15 is 0 Å². The molecule has 1 aromatic carbocycles. The van der Waals surface area contributed by atoms with Crippen molar-refractivity contribution in [1.29, 1.82) is 0 Å². The Labute approximate surface area is 116 Å². The fraction of sp³-hybridized carbons (Fsp3) is 0.111. The van der Waals surface area contributed by atoms with Gasteiger partial charge in [-0.3, -0.25) is 5.43 Å². The minimum Gasteiger partial charge on any atom is -0.375 e. The van der Waals surface area contributed by atoms with E-state index in [2.05, 4.69) is 22.7 Å². The van der Waals surface area contributed by atoms with Gasteiger partial charge in [0, 0.05) is 5.56 Å². The number of thiocarbonyl (C=S) groups is 1. The molecular formula is C9H6Cl2F3N3S. The lowest BCUT2D eigenvalue weighted by atomic mass is 10.1. The smallest absolute Gasteiger partial charge is 0.375 e. The summed E-state index contributed by atoms with van der Waals surface area (Å²) in [6.45, 7) is 0. The van der Waals surface area contributed by atoms with Gasteiger partial charge >= 0.3 is 6.18 Å². The quantitative estimate of drug-likeness (QED) is 0.500. The summed E-state index contributed by atoms with van der Waals surface area (Å²) in [6, 6.07) is 1.88. The molecule has 0 aliphatic heterocycles. The number of benzene rings is 1. The van der Waals surface area contributed by atoms with Gasteiger partial charge in [0.25, 0.3) is 0 Å². The SMILES string of the molecule is NC(=S)NN=Cc1c(Cl)ccc(C(F)(F)F)c1Cl. The van der Waals surface area contributed by atoms with Gasteiger partial charge in [-0.05, 0) is 24.4 Å². The molecule has 0 spiro atoms. The predicted octanol–water partition coefficient (Wildman–Crippen LogP) is 3.18. The molecule has 9 heteroatoms. The number of hydrogen-bond donors (Lipinski definition) is 2. The van der Waals surface area contributed by atoms with Crippen LogP contribution in [0.3, 0.4) is 0 Å². The average molecular weight is 316 g/mol. The topological polar surface area (TPSA) is 50.4 Å². The zero-order valence-electron chi connectivity index (χ0n) is 8.55. The van der Waals surface area contributed by atoms with Gasteiger partial charge in [0.2, 0.25) is 0 Å². The molecule has 1 rings (SSSR count). The third kappa shape index (κ3) is 3.72. The van der Waals surface area contributed by atoms with E-state index in [1.165, 1.54) is 0 Å². The molecule has 18 heavy (non-hydrogen) atoms. The zero-order chi connectivity index (χ0) is 13.9. The van der Waals surface area contributed by atoms with Gasteiger partial charge in [0.05, 0.1) is 21.8 Å². The number of alkyl halides is 3. The second-order valence-electron chi connectivity index (χ2n) is 3.05. The van der Waals surface area contributed by atoms with Gasteiger partial charge in [-0.1, -0.05) is 23.2 Å². The molecule has 0 aliphatic rings. The van der Waals surface area contributed by atoms with Crippen molar-refractivity contribution >= 4 is 46.7 Å². The van der Waals surface area contributed by atoms with Gasteiger partial charge < -0.3 is 5.73 Å². The number of rotatable bonds is 2. The van der Waals surface area contributed by atoms with Crippen molar-refractivity contribution in [3.8, 4) is 0 Å². The van der Waals surface area contributed by atoms with Crippen LogP contribution in [0.1, 0.15) is 11.1 Å². The van der Waals surface area contributed by atoms with E-state index in [-0.39, 0.29) is 15.7 Å². The zero-order valence-corrected chi connectivity index (χ0v) is 10.9. The molecule has 0 saturated heterocycles. The molecule has 0 aliphatic carbocycles. The fourth-order valence-electron chi connectivity index (χ4n) is 1.07. The standard InChI is InChI=1S/C9H6Cl2F3N3S/c10-6-2-1-5(9(12,13)14)7(11)4(6)3-16-17-8(15)18/h1-3H,(H3,15,17,18). The molecule has 1 aromatic rings. The Hall–Kier alpha value is -1.05. The Morgan fingerprint density at radius 2 is 2.00 bits per heavy atom. The third-order valence-corrected chi connectivity index (χ3v) is 2.63. The molecule has 3 nitrogen and oxygen atoms in total. The predicted molar refractivity (Wildman–Crippen MR) is 69.0 cm³/mol. The van der Waals surface area contributed by atoms with Crippen LogP contribution < -0.4 is 11.2 Å². The van der Waals surface area contributed by atoms with Gasteiger partial charge in [-0.25, -0.2) is 0 Å². The van der Waals surface area contributed by atoms with Gasteiger partial charge in [-0.2, -0.15) is 18.3 Å². The summed E-state index contributed by atoms with van der Waals surface area (Å²) < 4.78 is 37.7. The first kappa shape index (κ1) is 15.0. The van der Waals surface area contributed by atoms with E-state index in [9.17, 15) is 13.2 Å². The van der Waals surface area contributed by atoms with Crippen LogP contribution in [0, 0.1) is 0 Å². The molecule has 0 atom stereocenters. The van der Waals surface area contributed by atoms with Crippen molar-refractivity contribution in [3.05, 3.63) is 33.3 Å². The van der Waals surface area contributed by atoms with Crippen molar-refractivity contribution in [2.75, 3.05) is 0 Å². The molecule has 0 aromatic heterocycles. The van der Waals surface area contributed by atoms with Crippen molar-refractivity contribution in [2.45, 2.75) is 6.18 Å². The molecule has 0 fully saturated rings. The molecule has 0 bridgehead atoms. The van der Waals surface area contributed by atoms with Gasteiger partial charge in [0.1, 0.15) is 0 Å². The van der Waals surface area contributed by atoms with Crippen LogP contribution in [-0.2, 0) is 6.18 Å². The summed E-state index contributed by atoms with van der Waals surface area (Å²) >= 11 is 15.8. The number of nitrogens with zero attached hydrogens (tertiary/aromatic N) is 1. The highest BCUT2D eigenvalue weighted by Crippen LogP contribution is 2.38. The number of hydrogen-bond acceptors (Lipinski definition) is 2. The maximum Gasteiger partial charge on any atom is 0.417 e. The first-order chi connectivity index (χ1) is 8.23. The highest BCUT2D eigenvalue weighted by atomic mass is 35.5. The molecule has 0 amide bonds. The lowest BCUT2D eigenvalue weighted by Gasteiger charge is -2.11. The Morgan fingerprint density at radius 1 is 1.39 bits per heavy atom. The van der Waals surface area contributed by atoms with E-state index in [4.69, 9.17) is 28.9 Å². The first-order valence-corrected chi connectivity index (χ1v) is 5.53. The Balaban J connectivity index is 3.19. The van der Waals surface area contributed by atoms with Crippen LogP contribution in [0.5, 0.6) is 0 Å². The summed E-state index contributed by atoms with van der Waals surface area (Å²) in [7, 11) is 0. The molecule has 0 heterocycles. The third-order valence-electron chi connectivity index (χ3n) is 1.80. The summed E-state index contributed by atoms with van der Waals surface area (Å²) in [6.07, 6.45) is -3.56. The van der Waals surface area contributed by atoms with Crippen molar-refractivity contribution in [2.24, 2.45) is 10.8 Å². The molecule has 3 N–H and O–H groups in total. The van der Waals surface area contributed by atoms with E-state index in [1.807, 2.05) is 0 Å². The maximum atomic E-state index is 12.6. The van der Waals surface area contributed by atoms with Crippen molar-refractivity contribution in [1.82, 2.24) is 5.43 Å². The van der Waals surface area contributed by atoms with Crippen LogP contribution >= 0.6 is 35.4 Å². The van der Waals surface area contributed by atoms with Crippen LogP contribution in [0.2, 0.25) is 10.0 Å².